The molecular formula is C14H22IN3OS. The predicted octanol–water partition coefficient (Wildman–Crippen LogP) is 2.14. The Morgan fingerprint density at radius 1 is 1.40 bits per heavy atom. The van der Waals surface area contributed by atoms with Gasteiger partial charge in [0.25, 0.3) is 0 Å². The van der Waals surface area contributed by atoms with Gasteiger partial charge in [-0.25, -0.2) is 0 Å². The van der Waals surface area contributed by atoms with E-state index in [0.717, 1.165) is 37.0 Å². The zero-order valence-corrected chi connectivity index (χ0v) is 15.0. The van der Waals surface area contributed by atoms with Crippen LogP contribution in [0.4, 0.5) is 0 Å². The second kappa shape index (κ2) is 9.33. The van der Waals surface area contributed by atoms with E-state index in [-0.39, 0.29) is 30.1 Å². The summed E-state index contributed by atoms with van der Waals surface area (Å²) in [4.78, 5) is 4.20. The van der Waals surface area contributed by atoms with Gasteiger partial charge in [-0.2, -0.15) is 11.8 Å². The normalized spacial score (nSPS) is 16.9. The summed E-state index contributed by atoms with van der Waals surface area (Å²) in [6.45, 7) is 1.69. The highest BCUT2D eigenvalue weighted by atomic mass is 127. The van der Waals surface area contributed by atoms with E-state index in [2.05, 4.69) is 34.0 Å². The van der Waals surface area contributed by atoms with Crippen molar-refractivity contribution >= 4 is 41.7 Å². The molecule has 1 aliphatic heterocycles. The Bertz CT molecular complexity index is 417. The van der Waals surface area contributed by atoms with Crippen LogP contribution in [0, 0.1) is 0 Å². The van der Waals surface area contributed by atoms with E-state index in [0.29, 0.717) is 0 Å². The molecule has 2 N–H and O–H groups in total. The Morgan fingerprint density at radius 2 is 2.20 bits per heavy atom. The van der Waals surface area contributed by atoms with Crippen LogP contribution in [0.1, 0.15) is 5.56 Å². The number of para-hydroxylation sites is 1. The van der Waals surface area contributed by atoms with Gasteiger partial charge in [-0.3, -0.25) is 4.99 Å². The number of rotatable bonds is 5. The van der Waals surface area contributed by atoms with E-state index in [4.69, 9.17) is 4.74 Å². The molecular weight excluding hydrogens is 385 g/mol. The van der Waals surface area contributed by atoms with E-state index in [1.165, 1.54) is 5.56 Å². The molecule has 1 aliphatic rings. The van der Waals surface area contributed by atoms with Gasteiger partial charge in [0.15, 0.2) is 5.96 Å². The molecule has 1 aromatic rings. The standard InChI is InChI=1S/C14H21N3OS.HI/c1-15-14(16-7-8-19-2)17-10-12-9-11-5-3-4-6-13(11)18-12;/h3-6,12H,7-10H2,1-2H3,(H2,15,16,17);1H. The number of nitrogens with zero attached hydrogens (tertiary/aromatic N) is 1. The van der Waals surface area contributed by atoms with Crippen LogP contribution in [-0.4, -0.2) is 44.2 Å². The molecule has 0 radical (unpaired) electrons. The number of benzene rings is 1. The molecule has 0 bridgehead atoms. The molecule has 20 heavy (non-hydrogen) atoms. The first kappa shape index (κ1) is 17.4. The van der Waals surface area contributed by atoms with Gasteiger partial charge < -0.3 is 15.4 Å². The zero-order valence-electron chi connectivity index (χ0n) is 11.9. The number of hydrogen-bond donors (Lipinski definition) is 2. The minimum Gasteiger partial charge on any atom is -0.488 e. The quantitative estimate of drug-likeness (QED) is 0.340. The van der Waals surface area contributed by atoms with Gasteiger partial charge >= 0.3 is 0 Å². The van der Waals surface area contributed by atoms with Crippen molar-refractivity contribution in [1.82, 2.24) is 10.6 Å². The summed E-state index contributed by atoms with van der Waals surface area (Å²) in [7, 11) is 1.79. The van der Waals surface area contributed by atoms with Crippen molar-refractivity contribution in [3.8, 4) is 5.75 Å². The molecule has 2 rings (SSSR count). The van der Waals surface area contributed by atoms with Gasteiger partial charge in [0.05, 0.1) is 6.54 Å². The molecule has 4 nitrogen and oxygen atoms in total. The number of guanidine groups is 1. The highest BCUT2D eigenvalue weighted by Gasteiger charge is 2.22. The van der Waals surface area contributed by atoms with E-state index in [1.54, 1.807) is 7.05 Å². The number of hydrogen-bond acceptors (Lipinski definition) is 3. The van der Waals surface area contributed by atoms with E-state index in [9.17, 15) is 0 Å². The number of aliphatic imine (C=N–C) groups is 1. The van der Waals surface area contributed by atoms with Crippen molar-refractivity contribution in [2.75, 3.05) is 32.1 Å². The molecule has 0 spiro atoms. The number of nitrogens with one attached hydrogen (secondary N) is 2. The molecule has 6 heteroatoms. The van der Waals surface area contributed by atoms with Crippen molar-refractivity contribution in [2.24, 2.45) is 4.99 Å². The van der Waals surface area contributed by atoms with Crippen LogP contribution in [-0.2, 0) is 6.42 Å². The fourth-order valence-electron chi connectivity index (χ4n) is 2.07. The van der Waals surface area contributed by atoms with E-state index < -0.39 is 0 Å². The smallest absolute Gasteiger partial charge is 0.191 e. The van der Waals surface area contributed by atoms with Crippen LogP contribution >= 0.6 is 35.7 Å². The maximum absolute atomic E-state index is 5.88. The van der Waals surface area contributed by atoms with Crippen molar-refractivity contribution in [3.63, 3.8) is 0 Å². The minimum absolute atomic E-state index is 0. The first-order valence-corrected chi connectivity index (χ1v) is 7.91. The van der Waals surface area contributed by atoms with Crippen LogP contribution in [0.3, 0.4) is 0 Å². The van der Waals surface area contributed by atoms with Gasteiger partial charge in [-0.05, 0) is 17.9 Å². The third-order valence-electron chi connectivity index (χ3n) is 3.03. The zero-order chi connectivity index (χ0) is 13.5. The van der Waals surface area contributed by atoms with E-state index >= 15 is 0 Å². The molecule has 1 unspecified atom stereocenters. The van der Waals surface area contributed by atoms with Gasteiger partial charge in [0.1, 0.15) is 11.9 Å². The molecule has 0 aromatic heterocycles. The second-order valence-electron chi connectivity index (χ2n) is 4.42. The maximum Gasteiger partial charge on any atom is 0.191 e. The number of ether oxygens (including phenoxy) is 1. The fourth-order valence-corrected chi connectivity index (χ4v) is 2.38. The number of halogens is 1. The van der Waals surface area contributed by atoms with Crippen molar-refractivity contribution < 1.29 is 4.74 Å². The Morgan fingerprint density at radius 3 is 2.90 bits per heavy atom. The van der Waals surface area contributed by atoms with Crippen LogP contribution in [0.2, 0.25) is 0 Å². The Kier molecular flexibility index (Phi) is 8.13. The lowest BCUT2D eigenvalue weighted by molar-refractivity contribution is 0.235. The number of fused-ring (bicyclic) bond motifs is 1. The van der Waals surface area contributed by atoms with Crippen LogP contribution < -0.4 is 15.4 Å². The fraction of sp³-hybridized carbons (Fsp3) is 0.500. The summed E-state index contributed by atoms with van der Waals surface area (Å²) >= 11 is 1.82. The van der Waals surface area contributed by atoms with Gasteiger partial charge in [0.2, 0.25) is 0 Å². The molecule has 1 atom stereocenters. The lowest BCUT2D eigenvalue weighted by atomic mass is 10.1. The molecule has 112 valence electrons. The highest BCUT2D eigenvalue weighted by Crippen LogP contribution is 2.27. The summed E-state index contributed by atoms with van der Waals surface area (Å²) in [5.41, 5.74) is 1.29. The molecule has 0 saturated heterocycles. The Balaban J connectivity index is 0.00000200. The summed E-state index contributed by atoms with van der Waals surface area (Å²) in [5.74, 6) is 2.93. The van der Waals surface area contributed by atoms with Crippen LogP contribution in [0.5, 0.6) is 5.75 Å². The Hall–Kier alpha value is -0.630. The molecule has 0 saturated carbocycles. The summed E-state index contributed by atoms with van der Waals surface area (Å²) < 4.78 is 5.88. The summed E-state index contributed by atoms with van der Waals surface area (Å²) in [5, 5.41) is 6.59. The molecule has 1 heterocycles. The lowest BCUT2D eigenvalue weighted by Crippen LogP contribution is -2.42. The topological polar surface area (TPSA) is 45.7 Å². The monoisotopic (exact) mass is 407 g/mol. The second-order valence-corrected chi connectivity index (χ2v) is 5.41. The maximum atomic E-state index is 5.88. The van der Waals surface area contributed by atoms with Gasteiger partial charge in [-0.15, -0.1) is 24.0 Å². The molecule has 0 fully saturated rings. The van der Waals surface area contributed by atoms with Crippen LogP contribution in [0.15, 0.2) is 29.3 Å². The summed E-state index contributed by atoms with van der Waals surface area (Å²) in [6, 6.07) is 8.22. The predicted molar refractivity (Wildman–Crippen MR) is 97.7 cm³/mol. The molecule has 1 aromatic carbocycles. The SMILES string of the molecule is CN=C(NCCSC)NCC1Cc2ccccc2O1.I. The van der Waals surface area contributed by atoms with Crippen LogP contribution in [0.25, 0.3) is 0 Å². The van der Waals surface area contributed by atoms with E-state index in [1.807, 2.05) is 23.9 Å². The largest absolute Gasteiger partial charge is 0.488 e. The minimum atomic E-state index is 0. The third kappa shape index (κ3) is 5.05. The molecule has 0 amide bonds. The van der Waals surface area contributed by atoms with Crippen molar-refractivity contribution in [2.45, 2.75) is 12.5 Å². The average molecular weight is 407 g/mol. The molecule has 0 aliphatic carbocycles. The third-order valence-corrected chi connectivity index (χ3v) is 3.65. The van der Waals surface area contributed by atoms with Crippen molar-refractivity contribution in [1.29, 1.82) is 0 Å². The van der Waals surface area contributed by atoms with Crippen molar-refractivity contribution in [3.05, 3.63) is 29.8 Å². The summed E-state index contributed by atoms with van der Waals surface area (Å²) in [6.07, 6.45) is 3.25. The highest BCUT2D eigenvalue weighted by molar-refractivity contribution is 14.0. The lowest BCUT2D eigenvalue weighted by Gasteiger charge is -2.15. The Labute approximate surface area is 142 Å². The average Bonchev–Trinajstić information content (AvgIpc) is 2.85. The first-order chi connectivity index (χ1) is 9.33. The van der Waals surface area contributed by atoms with Gasteiger partial charge in [-0.1, -0.05) is 18.2 Å². The van der Waals surface area contributed by atoms with Gasteiger partial charge in [0, 0.05) is 25.8 Å². The first-order valence-electron chi connectivity index (χ1n) is 6.51. The number of thioether (sulfide) groups is 1.